The Bertz CT molecular complexity index is 417. The average Bonchev–Trinajstić information content (AvgIpc) is 2.27. The van der Waals surface area contributed by atoms with E-state index in [0.717, 1.165) is 27.6 Å². The number of thioether (sulfide) groups is 1. The van der Waals surface area contributed by atoms with Crippen molar-refractivity contribution in [3.63, 3.8) is 0 Å². The Balaban J connectivity index is 2.06. The van der Waals surface area contributed by atoms with E-state index in [2.05, 4.69) is 58.3 Å². The second-order valence-electron chi connectivity index (χ2n) is 4.15. The Morgan fingerprint density at radius 2 is 2.31 bits per heavy atom. The molecule has 0 saturated carbocycles. The zero-order valence-electron chi connectivity index (χ0n) is 9.46. The van der Waals surface area contributed by atoms with Crippen molar-refractivity contribution >= 4 is 38.5 Å². The summed E-state index contributed by atoms with van der Waals surface area (Å²) >= 11 is 5.30. The molecule has 0 bridgehead atoms. The van der Waals surface area contributed by atoms with Gasteiger partial charge in [0.05, 0.1) is 0 Å². The molecule has 0 amide bonds. The topological polar surface area (TPSA) is 24.4 Å². The molecule has 2 rings (SSSR count). The Labute approximate surface area is 109 Å². The zero-order valence-corrected chi connectivity index (χ0v) is 11.9. The highest BCUT2D eigenvalue weighted by molar-refractivity contribution is 9.10. The summed E-state index contributed by atoms with van der Waals surface area (Å²) in [6.07, 6.45) is 0. The predicted molar refractivity (Wildman–Crippen MR) is 76.4 cm³/mol. The fourth-order valence-electron chi connectivity index (χ4n) is 1.48. The van der Waals surface area contributed by atoms with Gasteiger partial charge in [0.15, 0.2) is 5.17 Å². The van der Waals surface area contributed by atoms with Gasteiger partial charge in [0, 0.05) is 22.5 Å². The minimum atomic E-state index is 0.696. The largest absolute Gasteiger partial charge is 0.335 e. The van der Waals surface area contributed by atoms with Crippen LogP contribution in [-0.4, -0.2) is 17.5 Å². The fraction of sp³-hybridized carbons (Fsp3) is 0.417. The van der Waals surface area contributed by atoms with E-state index < -0.39 is 0 Å². The minimum absolute atomic E-state index is 0.696. The Morgan fingerprint density at radius 1 is 1.50 bits per heavy atom. The summed E-state index contributed by atoms with van der Waals surface area (Å²) in [5, 5.41) is 4.40. The quantitative estimate of drug-likeness (QED) is 0.850. The summed E-state index contributed by atoms with van der Waals surface area (Å²) in [5.74, 6) is 1.85. The molecule has 0 aliphatic carbocycles. The van der Waals surface area contributed by atoms with Crippen LogP contribution in [0.2, 0.25) is 0 Å². The number of nitrogens with zero attached hydrogens (tertiary/aromatic N) is 1. The van der Waals surface area contributed by atoms with Crippen molar-refractivity contribution in [1.29, 1.82) is 0 Å². The smallest absolute Gasteiger partial charge is 0.161 e. The summed E-state index contributed by atoms with van der Waals surface area (Å²) in [6, 6.07) is 6.26. The lowest BCUT2D eigenvalue weighted by Gasteiger charge is -2.18. The van der Waals surface area contributed by atoms with Crippen molar-refractivity contribution in [1.82, 2.24) is 0 Å². The van der Waals surface area contributed by atoms with Crippen LogP contribution in [0.5, 0.6) is 0 Å². The maximum Gasteiger partial charge on any atom is 0.161 e. The lowest BCUT2D eigenvalue weighted by atomic mass is 10.2. The molecule has 1 aromatic rings. The van der Waals surface area contributed by atoms with Gasteiger partial charge in [-0.05, 0) is 36.6 Å². The highest BCUT2D eigenvalue weighted by Crippen LogP contribution is 2.23. The highest BCUT2D eigenvalue weighted by Gasteiger charge is 2.12. The minimum Gasteiger partial charge on any atom is -0.335 e. The van der Waals surface area contributed by atoms with E-state index in [1.807, 2.05) is 0 Å². The third-order valence-electron chi connectivity index (χ3n) is 2.46. The maximum absolute atomic E-state index is 4.51. The van der Waals surface area contributed by atoms with Gasteiger partial charge >= 0.3 is 0 Å². The predicted octanol–water partition coefficient (Wildman–Crippen LogP) is 3.91. The van der Waals surface area contributed by atoms with Crippen LogP contribution in [0.3, 0.4) is 0 Å². The van der Waals surface area contributed by atoms with Crippen molar-refractivity contribution in [2.45, 2.75) is 13.8 Å². The first-order valence-corrected chi connectivity index (χ1v) is 7.13. The number of amidine groups is 1. The molecule has 0 spiro atoms. The second kappa shape index (κ2) is 5.23. The number of aliphatic imine (C=N–C) groups is 1. The molecule has 1 N–H and O–H groups in total. The van der Waals surface area contributed by atoms with Gasteiger partial charge in [-0.3, -0.25) is 4.99 Å². The van der Waals surface area contributed by atoms with E-state index >= 15 is 0 Å². The van der Waals surface area contributed by atoms with Crippen LogP contribution in [-0.2, 0) is 0 Å². The number of hydrogen-bond donors (Lipinski definition) is 1. The van der Waals surface area contributed by atoms with Crippen molar-refractivity contribution in [3.05, 3.63) is 28.2 Å². The average molecular weight is 299 g/mol. The van der Waals surface area contributed by atoms with E-state index in [4.69, 9.17) is 0 Å². The van der Waals surface area contributed by atoms with Crippen LogP contribution < -0.4 is 5.32 Å². The van der Waals surface area contributed by atoms with E-state index in [1.165, 1.54) is 5.56 Å². The number of anilines is 1. The summed E-state index contributed by atoms with van der Waals surface area (Å²) < 4.78 is 1.14. The molecule has 0 radical (unpaired) electrons. The van der Waals surface area contributed by atoms with Crippen LogP contribution in [0, 0.1) is 12.8 Å². The van der Waals surface area contributed by atoms with Crippen LogP contribution in [0.25, 0.3) is 0 Å². The molecule has 1 aliphatic heterocycles. The van der Waals surface area contributed by atoms with Crippen LogP contribution in [0.1, 0.15) is 12.5 Å². The summed E-state index contributed by atoms with van der Waals surface area (Å²) in [6.45, 7) is 5.26. The van der Waals surface area contributed by atoms with Gasteiger partial charge < -0.3 is 5.32 Å². The second-order valence-corrected chi connectivity index (χ2v) is 6.01. The molecule has 1 unspecified atom stereocenters. The number of aryl methyl sites for hydroxylation is 1. The summed E-state index contributed by atoms with van der Waals surface area (Å²) in [7, 11) is 0. The molecule has 2 nitrogen and oxygen atoms in total. The maximum atomic E-state index is 4.51. The molecule has 0 fully saturated rings. The van der Waals surface area contributed by atoms with E-state index in [-0.39, 0.29) is 0 Å². The summed E-state index contributed by atoms with van der Waals surface area (Å²) in [5.41, 5.74) is 2.35. The van der Waals surface area contributed by atoms with Crippen molar-refractivity contribution in [2.24, 2.45) is 10.9 Å². The highest BCUT2D eigenvalue weighted by atomic mass is 79.9. The number of benzene rings is 1. The number of halogens is 1. The van der Waals surface area contributed by atoms with Crippen LogP contribution in [0.4, 0.5) is 5.69 Å². The molecule has 0 aromatic heterocycles. The van der Waals surface area contributed by atoms with Crippen LogP contribution in [0.15, 0.2) is 27.7 Å². The number of nitrogens with one attached hydrogen (secondary N) is 1. The molecule has 1 heterocycles. The van der Waals surface area contributed by atoms with Gasteiger partial charge in [-0.15, -0.1) is 0 Å². The number of hydrogen-bond acceptors (Lipinski definition) is 3. The van der Waals surface area contributed by atoms with Gasteiger partial charge in [-0.25, -0.2) is 0 Å². The first kappa shape index (κ1) is 12.0. The Hall–Kier alpha value is -0.480. The molecule has 16 heavy (non-hydrogen) atoms. The normalized spacial score (nSPS) is 20.4. The third kappa shape index (κ3) is 3.01. The molecule has 4 heteroatoms. The SMILES string of the molecule is Cc1cc(NC2=NCC(C)CS2)ccc1Br. The van der Waals surface area contributed by atoms with E-state index in [9.17, 15) is 0 Å². The molecule has 1 aliphatic rings. The van der Waals surface area contributed by atoms with Gasteiger partial charge in [0.2, 0.25) is 0 Å². The standard InChI is InChI=1S/C12H15BrN2S/c1-8-6-14-12(16-7-8)15-10-3-4-11(13)9(2)5-10/h3-5,8H,6-7H2,1-2H3,(H,14,15). The molecule has 1 aromatic carbocycles. The first-order chi connectivity index (χ1) is 7.65. The lowest BCUT2D eigenvalue weighted by Crippen LogP contribution is -2.18. The zero-order chi connectivity index (χ0) is 11.5. The summed E-state index contributed by atoms with van der Waals surface area (Å²) in [4.78, 5) is 4.51. The lowest BCUT2D eigenvalue weighted by molar-refractivity contribution is 0.674. The molecule has 1 atom stereocenters. The Morgan fingerprint density at radius 3 is 2.94 bits per heavy atom. The first-order valence-electron chi connectivity index (χ1n) is 5.35. The van der Waals surface area contributed by atoms with Crippen molar-refractivity contribution in [2.75, 3.05) is 17.6 Å². The molecular weight excluding hydrogens is 284 g/mol. The van der Waals surface area contributed by atoms with Gasteiger partial charge in [-0.2, -0.15) is 0 Å². The molecular formula is C12H15BrN2S. The van der Waals surface area contributed by atoms with Gasteiger partial charge in [0.25, 0.3) is 0 Å². The number of rotatable bonds is 1. The van der Waals surface area contributed by atoms with Gasteiger partial charge in [0.1, 0.15) is 0 Å². The molecule has 86 valence electrons. The van der Waals surface area contributed by atoms with Crippen LogP contribution >= 0.6 is 27.7 Å². The Kier molecular flexibility index (Phi) is 3.92. The van der Waals surface area contributed by atoms with Crippen molar-refractivity contribution in [3.8, 4) is 0 Å². The molecule has 0 saturated heterocycles. The van der Waals surface area contributed by atoms with E-state index in [0.29, 0.717) is 5.92 Å². The fourth-order valence-corrected chi connectivity index (χ4v) is 2.63. The van der Waals surface area contributed by atoms with Crippen molar-refractivity contribution < 1.29 is 0 Å². The third-order valence-corrected chi connectivity index (χ3v) is 4.59. The van der Waals surface area contributed by atoms with Gasteiger partial charge in [-0.1, -0.05) is 34.6 Å². The van der Waals surface area contributed by atoms with E-state index in [1.54, 1.807) is 11.8 Å². The monoisotopic (exact) mass is 298 g/mol.